The van der Waals surface area contributed by atoms with E-state index in [9.17, 15) is 0 Å². The van der Waals surface area contributed by atoms with E-state index in [4.69, 9.17) is 23.2 Å². The monoisotopic (exact) mass is 286 g/mol. The highest BCUT2D eigenvalue weighted by molar-refractivity contribution is 6.34. The van der Waals surface area contributed by atoms with Crippen molar-refractivity contribution in [2.75, 3.05) is 19.6 Å². The first kappa shape index (κ1) is 14.1. The molecular formula is C14H20Cl2N2. The Balaban J connectivity index is 2.07. The first-order chi connectivity index (χ1) is 8.69. The molecule has 0 unspecified atom stereocenters. The van der Waals surface area contributed by atoms with Crippen LogP contribution in [0, 0.1) is 0 Å². The molecule has 2 rings (SSSR count). The van der Waals surface area contributed by atoms with Crippen molar-refractivity contribution in [3.05, 3.63) is 33.8 Å². The Hall–Kier alpha value is -0.280. The van der Waals surface area contributed by atoms with E-state index in [0.717, 1.165) is 36.2 Å². The second kappa shape index (κ2) is 6.76. The van der Waals surface area contributed by atoms with Gasteiger partial charge in [-0.15, -0.1) is 0 Å². The van der Waals surface area contributed by atoms with E-state index >= 15 is 0 Å². The predicted molar refractivity (Wildman–Crippen MR) is 78.4 cm³/mol. The van der Waals surface area contributed by atoms with E-state index in [0.29, 0.717) is 6.04 Å². The number of nitrogens with one attached hydrogen (secondary N) is 1. The van der Waals surface area contributed by atoms with E-state index < -0.39 is 0 Å². The second-order valence-electron chi connectivity index (χ2n) is 4.89. The number of halogens is 2. The van der Waals surface area contributed by atoms with Gasteiger partial charge in [0.15, 0.2) is 0 Å². The number of hydrogen-bond donors (Lipinski definition) is 1. The van der Waals surface area contributed by atoms with Crippen LogP contribution in [-0.2, 0) is 6.54 Å². The van der Waals surface area contributed by atoms with Gasteiger partial charge in [0.2, 0.25) is 0 Å². The third-order valence-electron chi connectivity index (χ3n) is 3.37. The van der Waals surface area contributed by atoms with Crippen LogP contribution < -0.4 is 5.32 Å². The van der Waals surface area contributed by atoms with Gasteiger partial charge in [-0.1, -0.05) is 30.1 Å². The molecule has 0 saturated carbocycles. The van der Waals surface area contributed by atoms with Crippen LogP contribution in [0.5, 0.6) is 0 Å². The molecule has 0 spiro atoms. The Morgan fingerprint density at radius 3 is 2.56 bits per heavy atom. The van der Waals surface area contributed by atoms with E-state index in [-0.39, 0.29) is 0 Å². The molecule has 1 heterocycles. The van der Waals surface area contributed by atoms with Crippen LogP contribution in [0.3, 0.4) is 0 Å². The summed E-state index contributed by atoms with van der Waals surface area (Å²) < 4.78 is 0. The molecule has 1 aromatic carbocycles. The van der Waals surface area contributed by atoms with Gasteiger partial charge < -0.3 is 5.32 Å². The summed E-state index contributed by atoms with van der Waals surface area (Å²) in [5, 5.41) is 4.87. The van der Waals surface area contributed by atoms with Crippen LogP contribution in [0.1, 0.15) is 25.3 Å². The third-order valence-corrected chi connectivity index (χ3v) is 3.81. The van der Waals surface area contributed by atoms with E-state index in [1.165, 1.54) is 18.4 Å². The fourth-order valence-electron chi connectivity index (χ4n) is 2.57. The van der Waals surface area contributed by atoms with Gasteiger partial charge in [0.05, 0.1) is 0 Å². The van der Waals surface area contributed by atoms with Gasteiger partial charge in [0.1, 0.15) is 0 Å². The van der Waals surface area contributed by atoms with Gasteiger partial charge >= 0.3 is 0 Å². The standard InChI is InChI=1S/C14H20Cl2N2/c1-2-5-18(14-3-4-17-9-14)10-11-6-12(15)8-13(16)7-11/h6-8,14,17H,2-5,9-10H2,1H3/t14-/m0/s1. The van der Waals surface area contributed by atoms with Crippen LogP contribution in [0.2, 0.25) is 10.0 Å². The van der Waals surface area contributed by atoms with Gasteiger partial charge in [-0.3, -0.25) is 4.90 Å². The lowest BCUT2D eigenvalue weighted by Crippen LogP contribution is -2.36. The molecule has 2 nitrogen and oxygen atoms in total. The maximum absolute atomic E-state index is 6.06. The summed E-state index contributed by atoms with van der Waals surface area (Å²) in [6, 6.07) is 6.45. The normalized spacial score (nSPS) is 19.7. The summed E-state index contributed by atoms with van der Waals surface area (Å²) in [5.74, 6) is 0. The fraction of sp³-hybridized carbons (Fsp3) is 0.571. The summed E-state index contributed by atoms with van der Waals surface area (Å²) in [4.78, 5) is 2.53. The Bertz CT molecular complexity index is 369. The largest absolute Gasteiger partial charge is 0.315 e. The Kier molecular flexibility index (Phi) is 5.31. The molecule has 100 valence electrons. The smallest absolute Gasteiger partial charge is 0.0424 e. The van der Waals surface area contributed by atoms with E-state index in [1.54, 1.807) is 6.07 Å². The average Bonchev–Trinajstić information content (AvgIpc) is 2.80. The fourth-order valence-corrected chi connectivity index (χ4v) is 3.14. The molecule has 1 N–H and O–H groups in total. The molecule has 0 bridgehead atoms. The molecule has 0 aromatic heterocycles. The number of rotatable bonds is 5. The minimum absolute atomic E-state index is 0.641. The molecule has 0 radical (unpaired) electrons. The van der Waals surface area contributed by atoms with Crippen LogP contribution in [0.15, 0.2) is 18.2 Å². The summed E-state index contributed by atoms with van der Waals surface area (Å²) >= 11 is 12.1. The second-order valence-corrected chi connectivity index (χ2v) is 5.77. The Morgan fingerprint density at radius 1 is 1.28 bits per heavy atom. The highest BCUT2D eigenvalue weighted by Crippen LogP contribution is 2.21. The molecule has 1 fully saturated rings. The average molecular weight is 287 g/mol. The Morgan fingerprint density at radius 2 is 2.00 bits per heavy atom. The van der Waals surface area contributed by atoms with Crippen molar-refractivity contribution >= 4 is 23.2 Å². The highest BCUT2D eigenvalue weighted by atomic mass is 35.5. The summed E-state index contributed by atoms with van der Waals surface area (Å²) in [6.07, 6.45) is 2.40. The van der Waals surface area contributed by atoms with Gasteiger partial charge in [-0.25, -0.2) is 0 Å². The zero-order valence-corrected chi connectivity index (χ0v) is 12.3. The zero-order chi connectivity index (χ0) is 13.0. The van der Waals surface area contributed by atoms with Crippen LogP contribution in [-0.4, -0.2) is 30.6 Å². The van der Waals surface area contributed by atoms with Gasteiger partial charge in [0, 0.05) is 29.2 Å². The summed E-state index contributed by atoms with van der Waals surface area (Å²) in [6.45, 7) is 6.49. The summed E-state index contributed by atoms with van der Waals surface area (Å²) in [7, 11) is 0. The van der Waals surface area contributed by atoms with E-state index in [2.05, 4.69) is 17.1 Å². The van der Waals surface area contributed by atoms with Crippen molar-refractivity contribution in [1.82, 2.24) is 10.2 Å². The van der Waals surface area contributed by atoms with Crippen molar-refractivity contribution in [3.8, 4) is 0 Å². The molecule has 4 heteroatoms. The highest BCUT2D eigenvalue weighted by Gasteiger charge is 2.21. The molecular weight excluding hydrogens is 267 g/mol. The maximum Gasteiger partial charge on any atom is 0.0424 e. The minimum atomic E-state index is 0.641. The van der Waals surface area contributed by atoms with Gasteiger partial charge in [-0.2, -0.15) is 0 Å². The molecule has 18 heavy (non-hydrogen) atoms. The van der Waals surface area contributed by atoms with Crippen LogP contribution in [0.4, 0.5) is 0 Å². The number of hydrogen-bond acceptors (Lipinski definition) is 2. The lowest BCUT2D eigenvalue weighted by molar-refractivity contribution is 0.199. The molecule has 0 aliphatic carbocycles. The predicted octanol–water partition coefficient (Wildman–Crippen LogP) is 3.57. The molecule has 1 aliphatic rings. The minimum Gasteiger partial charge on any atom is -0.315 e. The van der Waals surface area contributed by atoms with E-state index in [1.807, 2.05) is 12.1 Å². The van der Waals surface area contributed by atoms with Crippen molar-refractivity contribution in [1.29, 1.82) is 0 Å². The molecule has 1 atom stereocenters. The molecule has 1 aromatic rings. The quantitative estimate of drug-likeness (QED) is 0.890. The van der Waals surface area contributed by atoms with Crippen molar-refractivity contribution < 1.29 is 0 Å². The Labute approximate surface area is 119 Å². The lowest BCUT2D eigenvalue weighted by Gasteiger charge is -2.28. The van der Waals surface area contributed by atoms with Crippen molar-refractivity contribution in [3.63, 3.8) is 0 Å². The zero-order valence-electron chi connectivity index (χ0n) is 10.8. The van der Waals surface area contributed by atoms with Crippen LogP contribution in [0.25, 0.3) is 0 Å². The van der Waals surface area contributed by atoms with Gasteiger partial charge in [-0.05, 0) is 49.7 Å². The summed E-state index contributed by atoms with van der Waals surface area (Å²) in [5.41, 5.74) is 1.20. The first-order valence-corrected chi connectivity index (χ1v) is 7.34. The lowest BCUT2D eigenvalue weighted by atomic mass is 10.1. The number of nitrogens with zero attached hydrogens (tertiary/aromatic N) is 1. The van der Waals surface area contributed by atoms with Crippen molar-refractivity contribution in [2.45, 2.75) is 32.4 Å². The third kappa shape index (κ3) is 3.86. The molecule has 0 amide bonds. The number of benzene rings is 1. The van der Waals surface area contributed by atoms with Crippen LogP contribution >= 0.6 is 23.2 Å². The topological polar surface area (TPSA) is 15.3 Å². The molecule has 1 saturated heterocycles. The first-order valence-electron chi connectivity index (χ1n) is 6.58. The molecule has 1 aliphatic heterocycles. The van der Waals surface area contributed by atoms with Gasteiger partial charge in [0.25, 0.3) is 0 Å². The van der Waals surface area contributed by atoms with Crippen molar-refractivity contribution in [2.24, 2.45) is 0 Å². The SMILES string of the molecule is CCCN(Cc1cc(Cl)cc(Cl)c1)[C@H]1CCNC1. The maximum atomic E-state index is 6.06.